The van der Waals surface area contributed by atoms with Gasteiger partial charge in [0.05, 0.1) is 17.2 Å². The van der Waals surface area contributed by atoms with Crippen LogP contribution < -0.4 is 0 Å². The van der Waals surface area contributed by atoms with Crippen LogP contribution in [0.1, 0.15) is 18.2 Å². The van der Waals surface area contributed by atoms with Gasteiger partial charge in [-0.25, -0.2) is 4.79 Å². The summed E-state index contributed by atoms with van der Waals surface area (Å²) in [6.45, 7) is 1.92. The normalized spacial score (nSPS) is 11.9. The van der Waals surface area contributed by atoms with E-state index in [0.29, 0.717) is 5.76 Å². The highest BCUT2D eigenvalue weighted by Crippen LogP contribution is 2.36. The topological polar surface area (TPSA) is 39.4 Å². The second-order valence-corrected chi connectivity index (χ2v) is 4.89. The summed E-state index contributed by atoms with van der Waals surface area (Å²) in [6, 6.07) is 5.97. The molecule has 2 aromatic rings. The fourth-order valence-corrected chi connectivity index (χ4v) is 2.03. The summed E-state index contributed by atoms with van der Waals surface area (Å²) < 4.78 is 48.4. The van der Waals surface area contributed by atoms with Crippen LogP contribution in [0.5, 0.6) is 0 Å². The maximum Gasteiger partial charge on any atom is 0.416 e. The van der Waals surface area contributed by atoms with Gasteiger partial charge in [0.2, 0.25) is 0 Å². The zero-order valence-electron chi connectivity index (χ0n) is 12.0. The van der Waals surface area contributed by atoms with Gasteiger partial charge in [0.15, 0.2) is 0 Å². The molecular weight excluding hydrogens is 333 g/mol. The second kappa shape index (κ2) is 6.91. The lowest BCUT2D eigenvalue weighted by Gasteiger charge is -2.09. The molecule has 0 saturated heterocycles. The third-order valence-electron chi connectivity index (χ3n) is 2.86. The molecule has 0 N–H and O–H groups in total. The van der Waals surface area contributed by atoms with E-state index in [1.807, 2.05) is 0 Å². The molecular formula is C16H12ClF3O3. The van der Waals surface area contributed by atoms with Crippen LogP contribution in [0.4, 0.5) is 13.2 Å². The van der Waals surface area contributed by atoms with Crippen LogP contribution in [0.25, 0.3) is 17.4 Å². The first kappa shape index (κ1) is 17.1. The molecule has 0 aliphatic carbocycles. The Morgan fingerprint density at radius 2 is 2.04 bits per heavy atom. The molecule has 2 rings (SSSR count). The lowest BCUT2D eigenvalue weighted by atomic mass is 10.1. The Kier molecular flexibility index (Phi) is 5.15. The lowest BCUT2D eigenvalue weighted by molar-refractivity contribution is -0.138. The zero-order chi connectivity index (χ0) is 17.0. The predicted molar refractivity (Wildman–Crippen MR) is 79.8 cm³/mol. The van der Waals surface area contributed by atoms with Crippen molar-refractivity contribution in [3.05, 3.63) is 52.8 Å². The van der Waals surface area contributed by atoms with Gasteiger partial charge in [-0.1, -0.05) is 11.6 Å². The standard InChI is InChI=1S/C16H12ClF3O3/c1-2-22-15(21)8-5-11-4-7-14(23-11)12-9-10(16(18,19)20)3-6-13(12)17/h3-9H,2H2,1H3/b8-5+. The molecule has 0 fully saturated rings. The quantitative estimate of drug-likeness (QED) is 0.565. The van der Waals surface area contributed by atoms with E-state index >= 15 is 0 Å². The Labute approximate surface area is 135 Å². The number of alkyl halides is 3. The van der Waals surface area contributed by atoms with Gasteiger partial charge in [0.25, 0.3) is 0 Å². The van der Waals surface area contributed by atoms with Crippen molar-refractivity contribution in [1.82, 2.24) is 0 Å². The molecule has 0 atom stereocenters. The minimum Gasteiger partial charge on any atom is -0.463 e. The molecule has 3 nitrogen and oxygen atoms in total. The SMILES string of the molecule is CCOC(=O)/C=C/c1ccc(-c2cc(C(F)(F)F)ccc2Cl)o1. The highest BCUT2D eigenvalue weighted by Gasteiger charge is 2.31. The van der Waals surface area contributed by atoms with Gasteiger partial charge in [-0.15, -0.1) is 0 Å². The van der Waals surface area contributed by atoms with Crippen LogP contribution in [-0.2, 0) is 15.7 Å². The fraction of sp³-hybridized carbons (Fsp3) is 0.188. The van der Waals surface area contributed by atoms with Crippen molar-refractivity contribution < 1.29 is 27.1 Å². The van der Waals surface area contributed by atoms with E-state index in [2.05, 4.69) is 0 Å². The number of carbonyl (C=O) groups excluding carboxylic acids is 1. The van der Waals surface area contributed by atoms with Crippen molar-refractivity contribution >= 4 is 23.6 Å². The number of esters is 1. The van der Waals surface area contributed by atoms with E-state index in [4.69, 9.17) is 20.8 Å². The van der Waals surface area contributed by atoms with Crippen molar-refractivity contribution in [1.29, 1.82) is 0 Å². The van der Waals surface area contributed by atoms with E-state index in [-0.39, 0.29) is 23.0 Å². The first-order valence-electron chi connectivity index (χ1n) is 6.63. The zero-order valence-corrected chi connectivity index (χ0v) is 12.7. The van der Waals surface area contributed by atoms with Crippen LogP contribution in [0.15, 0.2) is 40.8 Å². The number of benzene rings is 1. The van der Waals surface area contributed by atoms with Gasteiger partial charge < -0.3 is 9.15 Å². The smallest absolute Gasteiger partial charge is 0.416 e. The first-order valence-corrected chi connectivity index (χ1v) is 7.01. The van der Waals surface area contributed by atoms with Gasteiger partial charge in [0.1, 0.15) is 11.5 Å². The van der Waals surface area contributed by atoms with E-state index in [0.717, 1.165) is 18.2 Å². The minimum absolute atomic E-state index is 0.122. The molecule has 0 aliphatic rings. The highest BCUT2D eigenvalue weighted by atomic mass is 35.5. The van der Waals surface area contributed by atoms with Crippen molar-refractivity contribution in [2.75, 3.05) is 6.61 Å². The Balaban J connectivity index is 2.28. The van der Waals surface area contributed by atoms with Crippen LogP contribution in [-0.4, -0.2) is 12.6 Å². The maximum atomic E-state index is 12.8. The van der Waals surface area contributed by atoms with Gasteiger partial charge in [-0.05, 0) is 43.3 Å². The third-order valence-corrected chi connectivity index (χ3v) is 3.19. The monoisotopic (exact) mass is 344 g/mol. The fourth-order valence-electron chi connectivity index (χ4n) is 1.82. The molecule has 23 heavy (non-hydrogen) atoms. The van der Waals surface area contributed by atoms with Crippen molar-refractivity contribution in [2.24, 2.45) is 0 Å². The molecule has 7 heteroatoms. The number of rotatable bonds is 4. The summed E-state index contributed by atoms with van der Waals surface area (Å²) in [5.74, 6) is -0.0753. The van der Waals surface area contributed by atoms with Crippen molar-refractivity contribution in [3.63, 3.8) is 0 Å². The van der Waals surface area contributed by atoms with E-state index in [1.54, 1.807) is 6.92 Å². The molecule has 1 heterocycles. The first-order chi connectivity index (χ1) is 10.8. The van der Waals surface area contributed by atoms with E-state index in [9.17, 15) is 18.0 Å². The molecule has 0 spiro atoms. The molecule has 0 aliphatic heterocycles. The number of hydrogen-bond acceptors (Lipinski definition) is 3. The Hall–Kier alpha value is -2.21. The molecule has 1 aromatic heterocycles. The Bertz CT molecular complexity index is 732. The minimum atomic E-state index is -4.47. The molecule has 122 valence electrons. The number of carbonyl (C=O) groups is 1. The second-order valence-electron chi connectivity index (χ2n) is 4.48. The molecule has 0 saturated carbocycles. The van der Waals surface area contributed by atoms with Gasteiger partial charge in [-0.3, -0.25) is 0 Å². The summed E-state index contributed by atoms with van der Waals surface area (Å²) in [4.78, 5) is 11.2. The molecule has 0 unspecified atom stereocenters. The maximum absolute atomic E-state index is 12.8. The number of hydrogen-bond donors (Lipinski definition) is 0. The lowest BCUT2D eigenvalue weighted by Crippen LogP contribution is -2.04. The number of ether oxygens (including phenoxy) is 1. The number of furan rings is 1. The Morgan fingerprint density at radius 1 is 1.30 bits per heavy atom. The summed E-state index contributed by atoms with van der Waals surface area (Å²) >= 11 is 5.94. The third kappa shape index (κ3) is 4.39. The van der Waals surface area contributed by atoms with Crippen molar-refractivity contribution in [3.8, 4) is 11.3 Å². The predicted octanol–water partition coefficient (Wildman–Crippen LogP) is 5.20. The van der Waals surface area contributed by atoms with Gasteiger partial charge in [-0.2, -0.15) is 13.2 Å². The molecule has 0 bridgehead atoms. The van der Waals surface area contributed by atoms with Gasteiger partial charge in [0, 0.05) is 11.6 Å². The number of halogens is 4. The van der Waals surface area contributed by atoms with E-state index < -0.39 is 17.7 Å². The molecule has 0 amide bonds. The average molecular weight is 345 g/mol. The van der Waals surface area contributed by atoms with Crippen LogP contribution >= 0.6 is 11.6 Å². The van der Waals surface area contributed by atoms with Gasteiger partial charge >= 0.3 is 12.1 Å². The molecule has 1 aromatic carbocycles. The largest absolute Gasteiger partial charge is 0.463 e. The Morgan fingerprint density at radius 3 is 2.70 bits per heavy atom. The van der Waals surface area contributed by atoms with Crippen LogP contribution in [0, 0.1) is 0 Å². The average Bonchev–Trinajstić information content (AvgIpc) is 2.93. The van der Waals surface area contributed by atoms with Crippen molar-refractivity contribution in [2.45, 2.75) is 13.1 Å². The van der Waals surface area contributed by atoms with Crippen LogP contribution in [0.2, 0.25) is 5.02 Å². The highest BCUT2D eigenvalue weighted by molar-refractivity contribution is 6.33. The summed E-state index contributed by atoms with van der Waals surface area (Å²) in [5.41, 5.74) is -0.700. The summed E-state index contributed by atoms with van der Waals surface area (Å²) in [6.07, 6.45) is -1.94. The summed E-state index contributed by atoms with van der Waals surface area (Å²) in [7, 11) is 0. The van der Waals surface area contributed by atoms with E-state index in [1.165, 1.54) is 24.3 Å². The summed E-state index contributed by atoms with van der Waals surface area (Å²) in [5, 5.41) is 0.133. The van der Waals surface area contributed by atoms with Crippen LogP contribution in [0.3, 0.4) is 0 Å². The molecule has 0 radical (unpaired) electrons.